The zero-order valence-corrected chi connectivity index (χ0v) is 12.2. The maximum absolute atomic E-state index is 12.9. The summed E-state index contributed by atoms with van der Waals surface area (Å²) in [5.74, 6) is -5.42. The van der Waals surface area contributed by atoms with Gasteiger partial charge in [0.1, 0.15) is 5.75 Å². The quantitative estimate of drug-likeness (QED) is 0.586. The van der Waals surface area contributed by atoms with Crippen LogP contribution in [0.25, 0.3) is 0 Å². The van der Waals surface area contributed by atoms with E-state index in [1.54, 1.807) is 0 Å². The van der Waals surface area contributed by atoms with E-state index in [2.05, 4.69) is 9.47 Å². The van der Waals surface area contributed by atoms with Crippen molar-refractivity contribution >= 4 is 5.97 Å². The van der Waals surface area contributed by atoms with Crippen molar-refractivity contribution in [3.63, 3.8) is 0 Å². The van der Waals surface area contributed by atoms with E-state index in [-0.39, 0.29) is 12.2 Å². The summed E-state index contributed by atoms with van der Waals surface area (Å²) in [5.41, 5.74) is -0.109. The highest BCUT2D eigenvalue weighted by Crippen LogP contribution is 2.38. The number of ether oxygens (including phenoxy) is 2. The van der Waals surface area contributed by atoms with Crippen molar-refractivity contribution in [3.05, 3.63) is 29.8 Å². The predicted molar refractivity (Wildman–Crippen MR) is 67.7 cm³/mol. The van der Waals surface area contributed by atoms with E-state index in [4.69, 9.17) is 0 Å². The molecule has 0 fully saturated rings. The average molecular weight is 344 g/mol. The molecule has 0 aliphatic rings. The van der Waals surface area contributed by atoms with Gasteiger partial charge in [0.15, 0.2) is 0 Å². The van der Waals surface area contributed by atoms with Gasteiger partial charge in [0.25, 0.3) is 0 Å². The van der Waals surface area contributed by atoms with Crippen molar-refractivity contribution in [2.24, 2.45) is 5.92 Å². The first-order valence-corrected chi connectivity index (χ1v) is 6.54. The standard InChI is InChI=1S/C14H14F6O3/c1-3-22-12(21)11(8(2)13(15,16)17)9-4-6-10(7-5-9)23-14(18,19)20/h4-8,11H,3H2,1-2H3. The molecule has 0 heterocycles. The highest BCUT2D eigenvalue weighted by Gasteiger charge is 2.45. The van der Waals surface area contributed by atoms with Crippen LogP contribution >= 0.6 is 0 Å². The molecule has 0 N–H and O–H groups in total. The van der Waals surface area contributed by atoms with Crippen molar-refractivity contribution in [1.82, 2.24) is 0 Å². The van der Waals surface area contributed by atoms with Crippen LogP contribution in [0.3, 0.4) is 0 Å². The number of benzene rings is 1. The maximum Gasteiger partial charge on any atom is 0.573 e. The summed E-state index contributed by atoms with van der Waals surface area (Å²) >= 11 is 0. The lowest BCUT2D eigenvalue weighted by Gasteiger charge is -2.25. The van der Waals surface area contributed by atoms with Gasteiger partial charge < -0.3 is 9.47 Å². The Morgan fingerprint density at radius 2 is 1.61 bits per heavy atom. The summed E-state index contributed by atoms with van der Waals surface area (Å²) in [5, 5.41) is 0. The Hall–Kier alpha value is -1.93. The van der Waals surface area contributed by atoms with Gasteiger partial charge in [0.2, 0.25) is 0 Å². The monoisotopic (exact) mass is 344 g/mol. The summed E-state index contributed by atoms with van der Waals surface area (Å²) in [4.78, 5) is 11.8. The molecule has 0 bridgehead atoms. The average Bonchev–Trinajstić information content (AvgIpc) is 2.38. The van der Waals surface area contributed by atoms with E-state index in [9.17, 15) is 31.1 Å². The molecule has 0 aliphatic heterocycles. The molecule has 23 heavy (non-hydrogen) atoms. The van der Waals surface area contributed by atoms with Crippen LogP contribution in [0.5, 0.6) is 5.75 Å². The molecular formula is C14H14F6O3. The van der Waals surface area contributed by atoms with Gasteiger partial charge in [-0.3, -0.25) is 4.79 Å². The van der Waals surface area contributed by atoms with Gasteiger partial charge in [-0.25, -0.2) is 0 Å². The molecule has 1 aromatic carbocycles. The lowest BCUT2D eigenvalue weighted by atomic mass is 9.86. The van der Waals surface area contributed by atoms with Gasteiger partial charge >= 0.3 is 18.5 Å². The molecule has 9 heteroatoms. The zero-order chi connectivity index (χ0) is 17.8. The maximum atomic E-state index is 12.9. The van der Waals surface area contributed by atoms with Crippen molar-refractivity contribution in [2.45, 2.75) is 32.3 Å². The molecule has 2 unspecified atom stereocenters. The lowest BCUT2D eigenvalue weighted by molar-refractivity contribution is -0.274. The Kier molecular flexibility index (Phi) is 5.90. The fourth-order valence-electron chi connectivity index (χ4n) is 1.93. The highest BCUT2D eigenvalue weighted by atomic mass is 19.4. The largest absolute Gasteiger partial charge is 0.573 e. The summed E-state index contributed by atoms with van der Waals surface area (Å²) in [7, 11) is 0. The molecule has 0 aromatic heterocycles. The molecule has 0 spiro atoms. The van der Waals surface area contributed by atoms with Crippen LogP contribution in [0.15, 0.2) is 24.3 Å². The molecule has 0 saturated carbocycles. The second-order valence-electron chi connectivity index (χ2n) is 4.68. The third-order valence-electron chi connectivity index (χ3n) is 3.03. The molecule has 2 atom stereocenters. The van der Waals surface area contributed by atoms with Crippen molar-refractivity contribution in [3.8, 4) is 5.75 Å². The summed E-state index contributed by atoms with van der Waals surface area (Å²) in [6, 6.07) is 3.64. The number of alkyl halides is 6. The SMILES string of the molecule is CCOC(=O)C(c1ccc(OC(F)(F)F)cc1)C(C)C(F)(F)F. The topological polar surface area (TPSA) is 35.5 Å². The molecule has 0 saturated heterocycles. The van der Waals surface area contributed by atoms with E-state index in [1.807, 2.05) is 0 Å². The predicted octanol–water partition coefficient (Wildman–Crippen LogP) is 4.43. The minimum atomic E-state index is -4.92. The van der Waals surface area contributed by atoms with Crippen LogP contribution < -0.4 is 4.74 Å². The molecule has 0 aliphatic carbocycles. The fourth-order valence-corrected chi connectivity index (χ4v) is 1.93. The van der Waals surface area contributed by atoms with Gasteiger partial charge in [-0.2, -0.15) is 13.2 Å². The third-order valence-corrected chi connectivity index (χ3v) is 3.03. The van der Waals surface area contributed by atoms with E-state index < -0.39 is 36.1 Å². The minimum Gasteiger partial charge on any atom is -0.466 e. The van der Waals surface area contributed by atoms with Crippen molar-refractivity contribution in [2.75, 3.05) is 6.61 Å². The summed E-state index contributed by atoms with van der Waals surface area (Å²) in [6.45, 7) is 2.13. The van der Waals surface area contributed by atoms with Crippen LogP contribution in [0, 0.1) is 5.92 Å². The smallest absolute Gasteiger partial charge is 0.466 e. The van der Waals surface area contributed by atoms with E-state index >= 15 is 0 Å². The second kappa shape index (κ2) is 7.10. The summed E-state index contributed by atoms with van der Waals surface area (Å²) < 4.78 is 83.2. The van der Waals surface area contributed by atoms with E-state index in [0.717, 1.165) is 31.2 Å². The molecule has 1 rings (SSSR count). The highest BCUT2D eigenvalue weighted by molar-refractivity contribution is 5.78. The number of hydrogen-bond donors (Lipinski definition) is 0. The number of carbonyl (C=O) groups excluding carboxylic acids is 1. The van der Waals surface area contributed by atoms with Crippen molar-refractivity contribution < 1.29 is 40.6 Å². The second-order valence-corrected chi connectivity index (χ2v) is 4.68. The Bertz CT molecular complexity index is 521. The normalized spacial score (nSPS) is 15.0. The van der Waals surface area contributed by atoms with Gasteiger partial charge in [-0.05, 0) is 24.6 Å². The van der Waals surface area contributed by atoms with Crippen LogP contribution in [0.1, 0.15) is 25.3 Å². The van der Waals surface area contributed by atoms with Crippen LogP contribution in [-0.4, -0.2) is 25.1 Å². The van der Waals surface area contributed by atoms with Crippen LogP contribution in [0.4, 0.5) is 26.3 Å². The van der Waals surface area contributed by atoms with Gasteiger partial charge in [-0.1, -0.05) is 19.1 Å². The zero-order valence-electron chi connectivity index (χ0n) is 12.2. The molecule has 130 valence electrons. The number of esters is 1. The Labute approximate surface area is 128 Å². The van der Waals surface area contributed by atoms with Crippen LogP contribution in [0.2, 0.25) is 0 Å². The third kappa shape index (κ3) is 5.65. The molecular weight excluding hydrogens is 330 g/mol. The first kappa shape index (κ1) is 19.1. The van der Waals surface area contributed by atoms with E-state index in [1.165, 1.54) is 6.92 Å². The molecule has 1 aromatic rings. The molecule has 0 amide bonds. The van der Waals surface area contributed by atoms with Crippen LogP contribution in [-0.2, 0) is 9.53 Å². The van der Waals surface area contributed by atoms with Crippen molar-refractivity contribution in [1.29, 1.82) is 0 Å². The molecule has 3 nitrogen and oxygen atoms in total. The number of rotatable bonds is 5. The van der Waals surface area contributed by atoms with E-state index in [0.29, 0.717) is 0 Å². The number of carbonyl (C=O) groups is 1. The number of halogens is 6. The van der Waals surface area contributed by atoms with Gasteiger partial charge in [0.05, 0.1) is 18.4 Å². The Morgan fingerprint density at radius 3 is 2.00 bits per heavy atom. The minimum absolute atomic E-state index is 0.109. The lowest BCUT2D eigenvalue weighted by Crippen LogP contribution is -2.32. The summed E-state index contributed by atoms with van der Waals surface area (Å²) in [6.07, 6.45) is -9.58. The fraction of sp³-hybridized carbons (Fsp3) is 0.500. The first-order chi connectivity index (χ1) is 10.5. The van der Waals surface area contributed by atoms with Gasteiger partial charge in [0, 0.05) is 0 Å². The van der Waals surface area contributed by atoms with Gasteiger partial charge in [-0.15, -0.1) is 13.2 Å². The molecule has 0 radical (unpaired) electrons. The number of hydrogen-bond acceptors (Lipinski definition) is 3. The Morgan fingerprint density at radius 1 is 1.09 bits per heavy atom. The first-order valence-electron chi connectivity index (χ1n) is 6.54. The Balaban J connectivity index is 3.10.